The minimum absolute atomic E-state index is 0.0110. The van der Waals surface area contributed by atoms with Crippen molar-refractivity contribution in [3.05, 3.63) is 53.8 Å². The van der Waals surface area contributed by atoms with Gasteiger partial charge in [0, 0.05) is 31.1 Å². The number of rotatable bonds is 11. The van der Waals surface area contributed by atoms with Crippen LogP contribution >= 0.6 is 0 Å². The number of halogens is 1. The highest BCUT2D eigenvalue weighted by Gasteiger charge is 2.31. The molecule has 1 aliphatic rings. The van der Waals surface area contributed by atoms with Crippen LogP contribution < -0.4 is 19.1 Å². The summed E-state index contributed by atoms with van der Waals surface area (Å²) in [7, 11) is -3.66. The Morgan fingerprint density at radius 2 is 1.69 bits per heavy atom. The van der Waals surface area contributed by atoms with Crippen LogP contribution in [0.15, 0.2) is 42.5 Å². The molecule has 2 aromatic carbocycles. The monoisotopic (exact) mass is 563 g/mol. The molecule has 0 saturated heterocycles. The maximum Gasteiger partial charge on any atom is 0.243 e. The first-order valence-electron chi connectivity index (χ1n) is 13.0. The first kappa shape index (κ1) is 30.2. The minimum Gasteiger partial charge on any atom is -0.486 e. The summed E-state index contributed by atoms with van der Waals surface area (Å²) in [4.78, 5) is 28.1. The van der Waals surface area contributed by atoms with Crippen LogP contribution in [0.25, 0.3) is 0 Å². The number of ether oxygens (including phenoxy) is 2. The van der Waals surface area contributed by atoms with Crippen LogP contribution in [0, 0.1) is 5.82 Å². The molecule has 11 heteroatoms. The van der Waals surface area contributed by atoms with Crippen molar-refractivity contribution in [1.82, 2.24) is 10.2 Å². The summed E-state index contributed by atoms with van der Waals surface area (Å²) in [5, 5.41) is 2.94. The van der Waals surface area contributed by atoms with Gasteiger partial charge in [-0.25, -0.2) is 12.8 Å². The van der Waals surface area contributed by atoms with Crippen molar-refractivity contribution >= 4 is 27.5 Å². The second kappa shape index (κ2) is 12.7. The van der Waals surface area contributed by atoms with Gasteiger partial charge in [0.15, 0.2) is 11.5 Å². The van der Waals surface area contributed by atoms with Crippen molar-refractivity contribution in [3.8, 4) is 11.5 Å². The number of nitrogens with zero attached hydrogens (tertiary/aromatic N) is 2. The summed E-state index contributed by atoms with van der Waals surface area (Å²) < 4.78 is 51.1. The first-order valence-corrected chi connectivity index (χ1v) is 14.9. The standard InChI is InChI=1S/C28H38FN3O6S/c1-6-23(27(34)30-28(2,3)4)31(19-20-9-11-21(29)12-10-20)26(33)8-7-15-32(39(5,35)36)22-13-14-24-25(18-22)38-17-16-37-24/h9-14,18,23H,6-8,15-17,19H2,1-5H3,(H,30,34)/t23-/m0/s1. The number of hydrogen-bond donors (Lipinski definition) is 1. The number of anilines is 1. The van der Waals surface area contributed by atoms with Crippen LogP contribution in [0.5, 0.6) is 11.5 Å². The minimum atomic E-state index is -3.66. The molecule has 0 aromatic heterocycles. The first-order chi connectivity index (χ1) is 18.3. The molecule has 0 radical (unpaired) electrons. The van der Waals surface area contributed by atoms with Gasteiger partial charge < -0.3 is 19.7 Å². The average Bonchev–Trinajstić information content (AvgIpc) is 2.85. The summed E-state index contributed by atoms with van der Waals surface area (Å²) in [6.07, 6.45) is 1.71. The van der Waals surface area contributed by atoms with Crippen LogP contribution in [0.2, 0.25) is 0 Å². The summed E-state index contributed by atoms with van der Waals surface area (Å²) in [6.45, 7) is 8.38. The van der Waals surface area contributed by atoms with Crippen molar-refractivity contribution in [2.24, 2.45) is 0 Å². The third-order valence-electron chi connectivity index (χ3n) is 6.12. The molecule has 0 unspecified atom stereocenters. The van der Waals surface area contributed by atoms with Gasteiger partial charge in [-0.1, -0.05) is 19.1 Å². The number of benzene rings is 2. The molecule has 1 atom stereocenters. The Morgan fingerprint density at radius 1 is 1.05 bits per heavy atom. The van der Waals surface area contributed by atoms with E-state index in [1.165, 1.54) is 21.3 Å². The topological polar surface area (TPSA) is 105 Å². The van der Waals surface area contributed by atoms with Crippen molar-refractivity contribution < 1.29 is 31.9 Å². The number of carbonyl (C=O) groups excluding carboxylic acids is 2. The van der Waals surface area contributed by atoms with Gasteiger partial charge in [0.25, 0.3) is 0 Å². The van der Waals surface area contributed by atoms with E-state index in [2.05, 4.69) is 5.32 Å². The van der Waals surface area contributed by atoms with E-state index >= 15 is 0 Å². The molecule has 214 valence electrons. The number of sulfonamides is 1. The largest absolute Gasteiger partial charge is 0.486 e. The van der Waals surface area contributed by atoms with Crippen molar-refractivity contribution in [1.29, 1.82) is 0 Å². The van der Waals surface area contributed by atoms with Gasteiger partial charge in [-0.15, -0.1) is 0 Å². The molecule has 2 aromatic rings. The predicted octanol–water partition coefficient (Wildman–Crippen LogP) is 3.87. The van der Waals surface area contributed by atoms with E-state index in [0.29, 0.717) is 42.4 Å². The summed E-state index contributed by atoms with van der Waals surface area (Å²) in [6, 6.07) is 9.96. The van der Waals surface area contributed by atoms with Crippen LogP contribution in [-0.2, 0) is 26.2 Å². The quantitative estimate of drug-likeness (QED) is 0.445. The number of hydrogen-bond acceptors (Lipinski definition) is 6. The zero-order chi connectivity index (χ0) is 28.8. The van der Waals surface area contributed by atoms with Crippen LogP contribution in [0.1, 0.15) is 52.5 Å². The fraction of sp³-hybridized carbons (Fsp3) is 0.500. The average molecular weight is 564 g/mol. The molecular weight excluding hydrogens is 525 g/mol. The highest BCUT2D eigenvalue weighted by Crippen LogP contribution is 2.34. The molecule has 3 rings (SSSR count). The SMILES string of the molecule is CC[C@@H](C(=O)NC(C)(C)C)N(Cc1ccc(F)cc1)C(=O)CCCN(c1ccc2c(c1)OCCO2)S(C)(=O)=O. The Hall–Kier alpha value is -3.34. The zero-order valence-electron chi connectivity index (χ0n) is 23.2. The van der Waals surface area contributed by atoms with Gasteiger partial charge in [0.2, 0.25) is 21.8 Å². The van der Waals surface area contributed by atoms with E-state index in [4.69, 9.17) is 9.47 Å². The lowest BCUT2D eigenvalue weighted by atomic mass is 10.0. The van der Waals surface area contributed by atoms with E-state index in [1.54, 1.807) is 30.3 Å². The van der Waals surface area contributed by atoms with E-state index < -0.39 is 27.4 Å². The van der Waals surface area contributed by atoms with Gasteiger partial charge in [0.1, 0.15) is 25.1 Å². The van der Waals surface area contributed by atoms with Gasteiger partial charge >= 0.3 is 0 Å². The van der Waals surface area contributed by atoms with Gasteiger partial charge in [-0.05, 0) is 63.4 Å². The maximum atomic E-state index is 13.5. The van der Waals surface area contributed by atoms with Gasteiger partial charge in [-0.2, -0.15) is 0 Å². The van der Waals surface area contributed by atoms with E-state index in [9.17, 15) is 22.4 Å². The van der Waals surface area contributed by atoms with Crippen LogP contribution in [0.3, 0.4) is 0 Å². The molecule has 1 N–H and O–H groups in total. The molecule has 2 amide bonds. The van der Waals surface area contributed by atoms with Crippen molar-refractivity contribution in [3.63, 3.8) is 0 Å². The Kier molecular flexibility index (Phi) is 9.82. The molecule has 1 aliphatic heterocycles. The van der Waals surface area contributed by atoms with E-state index in [1.807, 2.05) is 27.7 Å². The van der Waals surface area contributed by atoms with E-state index in [-0.39, 0.29) is 37.7 Å². The molecule has 0 spiro atoms. The van der Waals surface area contributed by atoms with Crippen LogP contribution in [0.4, 0.5) is 10.1 Å². The van der Waals surface area contributed by atoms with Gasteiger partial charge in [-0.3, -0.25) is 13.9 Å². The maximum absolute atomic E-state index is 13.5. The normalized spacial score (nSPS) is 13.9. The van der Waals surface area contributed by atoms with Crippen molar-refractivity contribution in [2.75, 3.05) is 30.3 Å². The highest BCUT2D eigenvalue weighted by atomic mass is 32.2. The molecule has 1 heterocycles. The second-order valence-corrected chi connectivity index (χ2v) is 12.5. The molecule has 0 bridgehead atoms. The predicted molar refractivity (Wildman–Crippen MR) is 148 cm³/mol. The number of nitrogens with one attached hydrogen (secondary N) is 1. The number of fused-ring (bicyclic) bond motifs is 1. The Labute approximate surface area is 230 Å². The lowest BCUT2D eigenvalue weighted by Gasteiger charge is -2.33. The number of amides is 2. The Bertz CT molecular complexity index is 1260. The summed E-state index contributed by atoms with van der Waals surface area (Å²) in [5.41, 5.74) is 0.600. The summed E-state index contributed by atoms with van der Waals surface area (Å²) in [5.74, 6) is 0.0308. The van der Waals surface area contributed by atoms with Gasteiger partial charge in [0.05, 0.1) is 11.9 Å². The lowest BCUT2D eigenvalue weighted by molar-refractivity contribution is -0.142. The Morgan fingerprint density at radius 3 is 2.28 bits per heavy atom. The molecule has 0 saturated carbocycles. The number of carbonyl (C=O) groups is 2. The summed E-state index contributed by atoms with van der Waals surface area (Å²) >= 11 is 0. The molecule has 0 fully saturated rings. The molecule has 9 nitrogen and oxygen atoms in total. The zero-order valence-corrected chi connectivity index (χ0v) is 24.0. The third kappa shape index (κ3) is 8.58. The molecule has 39 heavy (non-hydrogen) atoms. The fourth-order valence-corrected chi connectivity index (χ4v) is 5.31. The smallest absolute Gasteiger partial charge is 0.243 e. The Balaban J connectivity index is 1.78. The lowest BCUT2D eigenvalue weighted by Crippen LogP contribution is -2.53. The fourth-order valence-electron chi connectivity index (χ4n) is 4.35. The molecule has 0 aliphatic carbocycles. The van der Waals surface area contributed by atoms with E-state index in [0.717, 1.165) is 6.26 Å². The second-order valence-electron chi connectivity index (χ2n) is 10.6. The third-order valence-corrected chi connectivity index (χ3v) is 7.31. The van der Waals surface area contributed by atoms with Crippen LogP contribution in [-0.4, -0.2) is 62.7 Å². The highest BCUT2D eigenvalue weighted by molar-refractivity contribution is 7.92. The molecular formula is C28H38FN3O6S. The van der Waals surface area contributed by atoms with Crippen molar-refractivity contribution in [2.45, 2.75) is 65.1 Å².